The lowest BCUT2D eigenvalue weighted by Gasteiger charge is -2.30. The number of hydrogen-bond donors (Lipinski definition) is 3. The zero-order chi connectivity index (χ0) is 15.6. The molecule has 0 aliphatic carbocycles. The van der Waals surface area contributed by atoms with E-state index < -0.39 is 11.6 Å². The topological polar surface area (TPSA) is 78.8 Å². The van der Waals surface area contributed by atoms with Crippen molar-refractivity contribution >= 4 is 17.7 Å². The van der Waals surface area contributed by atoms with Crippen LogP contribution in [0.4, 0.5) is 0 Å². The maximum absolute atomic E-state index is 12.1. The highest BCUT2D eigenvalue weighted by molar-refractivity contribution is 7.99. The third-order valence-electron chi connectivity index (χ3n) is 2.82. The van der Waals surface area contributed by atoms with Crippen molar-refractivity contribution < 1.29 is 19.7 Å². The average molecular weight is 307 g/mol. The highest BCUT2D eigenvalue weighted by Gasteiger charge is 2.34. The van der Waals surface area contributed by atoms with Crippen LogP contribution < -0.4 is 5.32 Å². The molecule has 0 bridgehead atoms. The van der Waals surface area contributed by atoms with Gasteiger partial charge < -0.3 is 14.9 Å². The number of rotatable bonds is 11. The number of esters is 1. The summed E-state index contributed by atoms with van der Waals surface area (Å²) >= 11 is 1.58. The van der Waals surface area contributed by atoms with E-state index in [1.165, 1.54) is 0 Å². The van der Waals surface area contributed by atoms with Crippen molar-refractivity contribution in [3.63, 3.8) is 0 Å². The molecule has 2 atom stereocenters. The average Bonchev–Trinajstić information content (AvgIpc) is 2.37. The van der Waals surface area contributed by atoms with Crippen LogP contribution in [0, 0.1) is 0 Å². The molecule has 3 N–H and O–H groups in total. The third kappa shape index (κ3) is 8.09. The lowest BCUT2D eigenvalue weighted by Crippen LogP contribution is -2.53. The molecular formula is C14H29NO4S. The first kappa shape index (κ1) is 19.7. The molecule has 2 unspecified atom stereocenters. The summed E-state index contributed by atoms with van der Waals surface area (Å²) in [6.07, 6.45) is 0.870. The van der Waals surface area contributed by atoms with Gasteiger partial charge in [0.25, 0.3) is 0 Å². The molecule has 6 heteroatoms. The van der Waals surface area contributed by atoms with Crippen LogP contribution in [0.3, 0.4) is 0 Å². The molecule has 0 rings (SSSR count). The van der Waals surface area contributed by atoms with E-state index in [0.29, 0.717) is 18.8 Å². The maximum atomic E-state index is 12.1. The number of hydrogen-bond acceptors (Lipinski definition) is 6. The molecule has 5 nitrogen and oxygen atoms in total. The van der Waals surface area contributed by atoms with Gasteiger partial charge in [-0.3, -0.25) is 10.1 Å². The van der Waals surface area contributed by atoms with Crippen LogP contribution in [0.25, 0.3) is 0 Å². The fourth-order valence-corrected chi connectivity index (χ4v) is 2.85. The number of aliphatic hydroxyl groups is 2. The summed E-state index contributed by atoms with van der Waals surface area (Å²) in [7, 11) is 0. The first-order valence-electron chi connectivity index (χ1n) is 7.17. The van der Waals surface area contributed by atoms with Gasteiger partial charge in [0.2, 0.25) is 0 Å². The Kier molecular flexibility index (Phi) is 10.3. The van der Waals surface area contributed by atoms with E-state index in [1.54, 1.807) is 18.7 Å². The minimum absolute atomic E-state index is 0.202. The molecule has 20 heavy (non-hydrogen) atoms. The molecule has 0 aromatic heterocycles. The van der Waals surface area contributed by atoms with Crippen molar-refractivity contribution in [1.29, 1.82) is 0 Å². The van der Waals surface area contributed by atoms with E-state index in [2.05, 4.69) is 5.32 Å². The van der Waals surface area contributed by atoms with Gasteiger partial charge >= 0.3 is 5.97 Å². The molecule has 0 aromatic carbocycles. The van der Waals surface area contributed by atoms with Gasteiger partial charge in [-0.15, -0.1) is 0 Å². The highest BCUT2D eigenvalue weighted by Crippen LogP contribution is 2.18. The number of carbonyl (C=O) groups excluding carboxylic acids is 1. The van der Waals surface area contributed by atoms with Gasteiger partial charge in [0.05, 0.1) is 19.3 Å². The van der Waals surface area contributed by atoms with E-state index in [-0.39, 0.29) is 18.6 Å². The fraction of sp³-hybridized carbons (Fsp3) is 0.929. The highest BCUT2D eigenvalue weighted by atomic mass is 32.2. The van der Waals surface area contributed by atoms with Crippen LogP contribution in [0.5, 0.6) is 0 Å². The Morgan fingerprint density at radius 2 is 2.10 bits per heavy atom. The number of nitrogens with one attached hydrogen (secondary N) is 1. The smallest absolute Gasteiger partial charge is 0.326 e. The molecule has 0 fully saturated rings. The minimum atomic E-state index is -0.666. The van der Waals surface area contributed by atoms with Crippen molar-refractivity contribution in [3.8, 4) is 0 Å². The second kappa shape index (κ2) is 10.4. The SMILES string of the molecule is CCOC(=O)C(C)(CCCSCC(O)CO)NC(C)C. The molecule has 0 spiro atoms. The summed E-state index contributed by atoms with van der Waals surface area (Å²) in [5.74, 6) is 1.14. The van der Waals surface area contributed by atoms with Crippen LogP contribution in [0.15, 0.2) is 0 Å². The molecule has 0 amide bonds. The summed E-state index contributed by atoms with van der Waals surface area (Å²) < 4.78 is 5.14. The Bertz CT molecular complexity index is 276. The first-order valence-corrected chi connectivity index (χ1v) is 8.32. The van der Waals surface area contributed by atoms with E-state index in [9.17, 15) is 9.90 Å². The van der Waals surface area contributed by atoms with Crippen molar-refractivity contribution in [2.45, 2.75) is 58.2 Å². The van der Waals surface area contributed by atoms with E-state index >= 15 is 0 Å². The van der Waals surface area contributed by atoms with Gasteiger partial charge in [0.15, 0.2) is 0 Å². The normalized spacial score (nSPS) is 15.9. The number of aliphatic hydroxyl groups excluding tert-OH is 2. The largest absolute Gasteiger partial charge is 0.465 e. The second-order valence-electron chi connectivity index (χ2n) is 5.37. The Morgan fingerprint density at radius 3 is 2.60 bits per heavy atom. The van der Waals surface area contributed by atoms with Crippen molar-refractivity contribution in [2.24, 2.45) is 0 Å². The number of carbonyl (C=O) groups is 1. The molecule has 0 radical (unpaired) electrons. The van der Waals surface area contributed by atoms with Crippen molar-refractivity contribution in [2.75, 3.05) is 24.7 Å². The number of ether oxygens (including phenoxy) is 1. The summed E-state index contributed by atoms with van der Waals surface area (Å²) in [5.41, 5.74) is -0.666. The van der Waals surface area contributed by atoms with Gasteiger partial charge in [0, 0.05) is 11.8 Å². The zero-order valence-electron chi connectivity index (χ0n) is 13.0. The molecule has 0 saturated carbocycles. The molecule has 120 valence electrons. The Balaban J connectivity index is 4.20. The molecule has 0 saturated heterocycles. The van der Waals surface area contributed by atoms with E-state index in [4.69, 9.17) is 9.84 Å². The Hall–Kier alpha value is -0.300. The predicted octanol–water partition coefficient (Wildman–Crippen LogP) is 1.17. The zero-order valence-corrected chi connectivity index (χ0v) is 13.8. The van der Waals surface area contributed by atoms with Gasteiger partial charge in [-0.05, 0) is 46.3 Å². The van der Waals surface area contributed by atoms with Gasteiger partial charge in [-0.1, -0.05) is 0 Å². The summed E-state index contributed by atoms with van der Waals surface area (Å²) in [6, 6.07) is 0.202. The molecular weight excluding hydrogens is 278 g/mol. The third-order valence-corrected chi connectivity index (χ3v) is 4.02. The molecule has 0 aromatic rings. The van der Waals surface area contributed by atoms with Gasteiger partial charge in [-0.25, -0.2) is 0 Å². The van der Waals surface area contributed by atoms with Gasteiger partial charge in [-0.2, -0.15) is 11.8 Å². The quantitative estimate of drug-likeness (QED) is 0.393. The molecule has 0 aliphatic rings. The number of thioether (sulfide) groups is 1. The molecule has 0 aliphatic heterocycles. The van der Waals surface area contributed by atoms with E-state index in [0.717, 1.165) is 12.2 Å². The van der Waals surface area contributed by atoms with Crippen LogP contribution in [0.2, 0.25) is 0 Å². The van der Waals surface area contributed by atoms with Crippen LogP contribution in [-0.2, 0) is 9.53 Å². The Morgan fingerprint density at radius 1 is 1.45 bits per heavy atom. The standard InChI is InChI=1S/C14H29NO4S/c1-5-19-13(18)14(4,15-11(2)3)7-6-8-20-10-12(17)9-16/h11-12,15-17H,5-10H2,1-4H3. The minimum Gasteiger partial charge on any atom is -0.465 e. The fourth-order valence-electron chi connectivity index (χ4n) is 1.96. The maximum Gasteiger partial charge on any atom is 0.326 e. The summed E-state index contributed by atoms with van der Waals surface area (Å²) in [4.78, 5) is 12.1. The lowest BCUT2D eigenvalue weighted by atomic mass is 9.95. The Labute approximate surface area is 126 Å². The van der Waals surface area contributed by atoms with Crippen molar-refractivity contribution in [1.82, 2.24) is 5.32 Å². The predicted molar refractivity (Wildman–Crippen MR) is 83.0 cm³/mol. The van der Waals surface area contributed by atoms with Crippen LogP contribution in [-0.4, -0.2) is 58.6 Å². The first-order chi connectivity index (χ1) is 9.35. The van der Waals surface area contributed by atoms with Crippen molar-refractivity contribution in [3.05, 3.63) is 0 Å². The van der Waals surface area contributed by atoms with Crippen LogP contribution >= 0.6 is 11.8 Å². The lowest BCUT2D eigenvalue weighted by molar-refractivity contribution is -0.151. The summed E-state index contributed by atoms with van der Waals surface area (Å²) in [5, 5.41) is 21.2. The van der Waals surface area contributed by atoms with Crippen LogP contribution in [0.1, 0.15) is 40.5 Å². The molecule has 0 heterocycles. The monoisotopic (exact) mass is 307 g/mol. The second-order valence-corrected chi connectivity index (χ2v) is 6.52. The van der Waals surface area contributed by atoms with Gasteiger partial charge in [0.1, 0.15) is 5.54 Å². The summed E-state index contributed by atoms with van der Waals surface area (Å²) in [6.45, 7) is 7.86. The van der Waals surface area contributed by atoms with E-state index in [1.807, 2.05) is 20.8 Å².